The molecule has 21 heavy (non-hydrogen) atoms. The average Bonchev–Trinajstić information content (AvgIpc) is 3.16. The Hall–Kier alpha value is -0.420. The molecule has 1 N–H and O–H groups in total. The molecule has 1 aromatic rings. The number of nitrogens with one attached hydrogen (secondary N) is 1. The maximum Gasteiger partial charge on any atom is 0.0940 e. The predicted molar refractivity (Wildman–Crippen MR) is 85.0 cm³/mol. The number of rotatable bonds is 3. The van der Waals surface area contributed by atoms with E-state index in [0.717, 1.165) is 39.1 Å². The van der Waals surface area contributed by atoms with Gasteiger partial charge in [-0.15, -0.1) is 11.3 Å². The van der Waals surface area contributed by atoms with Gasteiger partial charge in [0.15, 0.2) is 0 Å². The van der Waals surface area contributed by atoms with Gasteiger partial charge in [-0.05, 0) is 56.7 Å². The Morgan fingerprint density at radius 3 is 3.10 bits per heavy atom. The van der Waals surface area contributed by atoms with Crippen molar-refractivity contribution in [2.75, 3.05) is 26.9 Å². The quantitative estimate of drug-likeness (QED) is 0.931. The summed E-state index contributed by atoms with van der Waals surface area (Å²) in [6.07, 6.45) is 7.30. The van der Waals surface area contributed by atoms with Crippen LogP contribution in [0.1, 0.15) is 47.0 Å². The zero-order valence-corrected chi connectivity index (χ0v) is 13.6. The Labute approximate surface area is 131 Å². The van der Waals surface area contributed by atoms with Gasteiger partial charge in [0.05, 0.1) is 12.2 Å². The van der Waals surface area contributed by atoms with Crippen LogP contribution in [0.3, 0.4) is 0 Å². The van der Waals surface area contributed by atoms with Crippen molar-refractivity contribution in [3.63, 3.8) is 0 Å². The van der Waals surface area contributed by atoms with Crippen molar-refractivity contribution < 1.29 is 9.47 Å². The highest BCUT2D eigenvalue weighted by Gasteiger charge is 2.43. The second kappa shape index (κ2) is 5.65. The van der Waals surface area contributed by atoms with Crippen molar-refractivity contribution in [2.24, 2.45) is 5.92 Å². The Kier molecular flexibility index (Phi) is 3.82. The zero-order valence-electron chi connectivity index (χ0n) is 12.8. The molecular weight excluding hydrogens is 282 g/mol. The number of hydrogen-bond acceptors (Lipinski definition) is 4. The van der Waals surface area contributed by atoms with Gasteiger partial charge in [0, 0.05) is 35.4 Å². The first kappa shape index (κ1) is 14.2. The van der Waals surface area contributed by atoms with E-state index in [2.05, 4.69) is 18.4 Å². The smallest absolute Gasteiger partial charge is 0.0940 e. The van der Waals surface area contributed by atoms with Gasteiger partial charge < -0.3 is 14.8 Å². The van der Waals surface area contributed by atoms with Gasteiger partial charge in [-0.1, -0.05) is 0 Å². The van der Waals surface area contributed by atoms with Crippen molar-refractivity contribution >= 4 is 11.3 Å². The summed E-state index contributed by atoms with van der Waals surface area (Å²) in [5.74, 6) is 0.671. The molecule has 4 heteroatoms. The van der Waals surface area contributed by atoms with Crippen LogP contribution in [0.2, 0.25) is 0 Å². The lowest BCUT2D eigenvalue weighted by molar-refractivity contribution is -0.103. The number of thiophene rings is 1. The standard InChI is InChI=1S/C17H25NO2S/c1-18-16(15-9-12-3-2-4-14(12)21-15)13-5-7-20-17(10-13)6-8-19-11-17/h9,13,16,18H,2-8,10-11H2,1H3. The number of hydrogen-bond donors (Lipinski definition) is 1. The molecule has 3 aliphatic rings. The first-order valence-corrected chi connectivity index (χ1v) is 9.12. The van der Waals surface area contributed by atoms with Crippen LogP contribution in [0, 0.1) is 5.92 Å². The predicted octanol–water partition coefficient (Wildman–Crippen LogP) is 3.08. The van der Waals surface area contributed by atoms with E-state index in [9.17, 15) is 0 Å². The van der Waals surface area contributed by atoms with E-state index in [1.54, 1.807) is 15.3 Å². The van der Waals surface area contributed by atoms with Gasteiger partial charge in [0.1, 0.15) is 0 Å². The van der Waals surface area contributed by atoms with E-state index in [4.69, 9.17) is 9.47 Å². The van der Waals surface area contributed by atoms with Gasteiger partial charge in [-0.3, -0.25) is 0 Å². The lowest BCUT2D eigenvalue weighted by Crippen LogP contribution is -2.43. The van der Waals surface area contributed by atoms with Crippen molar-refractivity contribution in [1.29, 1.82) is 0 Å². The molecule has 2 fully saturated rings. The molecule has 116 valence electrons. The van der Waals surface area contributed by atoms with Crippen LogP contribution in [-0.2, 0) is 22.3 Å². The maximum atomic E-state index is 6.10. The zero-order chi connectivity index (χ0) is 14.3. The van der Waals surface area contributed by atoms with Crippen LogP contribution >= 0.6 is 11.3 Å². The molecule has 0 radical (unpaired) electrons. The van der Waals surface area contributed by atoms with Crippen LogP contribution in [0.5, 0.6) is 0 Å². The maximum absolute atomic E-state index is 6.10. The molecule has 0 amide bonds. The molecule has 4 rings (SSSR count). The molecule has 2 aliphatic heterocycles. The fraction of sp³-hybridized carbons (Fsp3) is 0.765. The lowest BCUT2D eigenvalue weighted by atomic mass is 9.80. The molecule has 3 unspecified atom stereocenters. The summed E-state index contributed by atoms with van der Waals surface area (Å²) in [6.45, 7) is 2.54. The highest BCUT2D eigenvalue weighted by molar-refractivity contribution is 7.12. The van der Waals surface area contributed by atoms with Crippen LogP contribution in [0.25, 0.3) is 0 Å². The van der Waals surface area contributed by atoms with Crippen molar-refractivity contribution in [3.8, 4) is 0 Å². The van der Waals surface area contributed by atoms with Crippen molar-refractivity contribution in [3.05, 3.63) is 21.4 Å². The van der Waals surface area contributed by atoms with Crippen LogP contribution in [0.4, 0.5) is 0 Å². The fourth-order valence-corrected chi connectivity index (χ4v) is 5.79. The molecule has 1 aromatic heterocycles. The summed E-state index contributed by atoms with van der Waals surface area (Å²) in [5.41, 5.74) is 1.62. The summed E-state index contributed by atoms with van der Waals surface area (Å²) < 4.78 is 11.7. The Balaban J connectivity index is 1.54. The molecular formula is C17H25NO2S. The van der Waals surface area contributed by atoms with E-state index >= 15 is 0 Å². The molecule has 2 saturated heterocycles. The number of aryl methyl sites for hydroxylation is 2. The fourth-order valence-electron chi connectivity index (χ4n) is 4.33. The highest BCUT2D eigenvalue weighted by Crippen LogP contribution is 2.43. The normalized spacial score (nSPS) is 33.5. The third-order valence-corrected chi connectivity index (χ3v) is 6.77. The van der Waals surface area contributed by atoms with Gasteiger partial charge in [0.2, 0.25) is 0 Å². The third kappa shape index (κ3) is 2.56. The van der Waals surface area contributed by atoms with E-state index in [0.29, 0.717) is 12.0 Å². The lowest BCUT2D eigenvalue weighted by Gasteiger charge is -2.40. The highest BCUT2D eigenvalue weighted by atomic mass is 32.1. The topological polar surface area (TPSA) is 30.5 Å². The molecule has 0 saturated carbocycles. The van der Waals surface area contributed by atoms with Gasteiger partial charge >= 0.3 is 0 Å². The monoisotopic (exact) mass is 307 g/mol. The van der Waals surface area contributed by atoms with Gasteiger partial charge in [0.25, 0.3) is 0 Å². The summed E-state index contributed by atoms with van der Waals surface area (Å²) in [5, 5.41) is 3.60. The molecule has 0 aromatic carbocycles. The summed E-state index contributed by atoms with van der Waals surface area (Å²) >= 11 is 2.04. The SMILES string of the molecule is CNC(c1cc2c(s1)CCC2)C1CCOC2(CCOC2)C1. The summed E-state index contributed by atoms with van der Waals surface area (Å²) in [4.78, 5) is 3.18. The van der Waals surface area contributed by atoms with Crippen LogP contribution in [-0.4, -0.2) is 32.5 Å². The Morgan fingerprint density at radius 1 is 1.38 bits per heavy atom. The van der Waals surface area contributed by atoms with E-state index in [-0.39, 0.29) is 5.60 Å². The first-order chi connectivity index (χ1) is 10.3. The van der Waals surface area contributed by atoms with Crippen molar-refractivity contribution in [1.82, 2.24) is 5.32 Å². The van der Waals surface area contributed by atoms with Crippen LogP contribution < -0.4 is 5.32 Å². The summed E-state index contributed by atoms with van der Waals surface area (Å²) in [7, 11) is 2.11. The van der Waals surface area contributed by atoms with Crippen LogP contribution in [0.15, 0.2) is 6.07 Å². The minimum Gasteiger partial charge on any atom is -0.378 e. The van der Waals surface area contributed by atoms with Crippen molar-refractivity contribution in [2.45, 2.75) is 50.2 Å². The van der Waals surface area contributed by atoms with E-state index in [1.807, 2.05) is 11.3 Å². The molecule has 3 atom stereocenters. The molecule has 1 spiro atoms. The van der Waals surface area contributed by atoms with Gasteiger partial charge in [-0.25, -0.2) is 0 Å². The van der Waals surface area contributed by atoms with Gasteiger partial charge in [-0.2, -0.15) is 0 Å². The largest absolute Gasteiger partial charge is 0.378 e. The molecule has 1 aliphatic carbocycles. The number of fused-ring (bicyclic) bond motifs is 1. The Morgan fingerprint density at radius 2 is 2.33 bits per heavy atom. The minimum atomic E-state index is 0.0119. The van der Waals surface area contributed by atoms with E-state index in [1.165, 1.54) is 19.3 Å². The molecule has 0 bridgehead atoms. The second-order valence-corrected chi connectivity index (χ2v) is 7.97. The Bertz CT molecular complexity index is 485. The third-order valence-electron chi connectivity index (χ3n) is 5.45. The number of ether oxygens (including phenoxy) is 2. The summed E-state index contributed by atoms with van der Waals surface area (Å²) in [6, 6.07) is 2.96. The minimum absolute atomic E-state index is 0.0119. The second-order valence-electron chi connectivity index (χ2n) is 6.80. The first-order valence-electron chi connectivity index (χ1n) is 8.30. The van der Waals surface area contributed by atoms with E-state index < -0.39 is 0 Å². The molecule has 3 nitrogen and oxygen atoms in total. The average molecular weight is 307 g/mol. The molecule has 3 heterocycles.